The second-order valence-electron chi connectivity index (χ2n) is 2.50. The van der Waals surface area contributed by atoms with E-state index < -0.39 is 0 Å². The highest BCUT2D eigenvalue weighted by Gasteiger charge is 2.04. The highest BCUT2D eigenvalue weighted by atomic mass is 35.5. The Balaban J connectivity index is 2.84. The molecule has 2 aromatic heterocycles. The number of aromatic nitrogens is 2. The van der Waals surface area contributed by atoms with Gasteiger partial charge in [0.05, 0.1) is 5.02 Å². The molecule has 2 rings (SSSR count). The van der Waals surface area contributed by atoms with Crippen molar-refractivity contribution in [1.29, 1.82) is 0 Å². The van der Waals surface area contributed by atoms with Crippen LogP contribution in [0.2, 0.25) is 5.02 Å². The van der Waals surface area contributed by atoms with Crippen LogP contribution in [0.4, 0.5) is 5.82 Å². The Bertz CT molecular complexity index is 443. The topological polar surface area (TPSA) is 63.8 Å². The molecule has 3 N–H and O–H groups in total. The number of nitrogens with zero attached hydrogens (tertiary/aromatic N) is 2. The quantitative estimate of drug-likeness (QED) is 0.534. The highest BCUT2D eigenvalue weighted by Crippen LogP contribution is 2.24. The third-order valence-corrected chi connectivity index (χ3v) is 2.03. The van der Waals surface area contributed by atoms with Crippen molar-refractivity contribution in [1.82, 2.24) is 9.97 Å². The summed E-state index contributed by atoms with van der Waals surface area (Å²) < 4.78 is 0. The van der Waals surface area contributed by atoms with E-state index in [1.807, 2.05) is 12.1 Å². The summed E-state index contributed by atoms with van der Waals surface area (Å²) in [4.78, 5) is 8.12. The molecule has 0 aromatic carbocycles. The van der Waals surface area contributed by atoms with Crippen LogP contribution in [0.5, 0.6) is 0 Å². The standard InChI is InChI=1S/C8H7ClN4/c9-6-4-12-8(13-10)7-5(6)2-1-3-11-7/h1-4H,10H2,(H,12,13). The van der Waals surface area contributed by atoms with Gasteiger partial charge in [0.2, 0.25) is 0 Å². The van der Waals surface area contributed by atoms with Crippen molar-refractivity contribution in [3.8, 4) is 0 Å². The van der Waals surface area contributed by atoms with Gasteiger partial charge in [-0.3, -0.25) is 4.98 Å². The minimum absolute atomic E-state index is 0.528. The molecule has 0 saturated carbocycles. The summed E-state index contributed by atoms with van der Waals surface area (Å²) in [5.74, 6) is 5.80. The molecule has 0 aliphatic rings. The third kappa shape index (κ3) is 1.30. The van der Waals surface area contributed by atoms with Crippen LogP contribution in [-0.4, -0.2) is 9.97 Å². The van der Waals surface area contributed by atoms with Crippen LogP contribution < -0.4 is 11.3 Å². The van der Waals surface area contributed by atoms with Crippen molar-refractivity contribution in [3.05, 3.63) is 29.5 Å². The molecular formula is C8H7ClN4. The number of rotatable bonds is 1. The Morgan fingerprint density at radius 3 is 3.00 bits per heavy atom. The lowest BCUT2D eigenvalue weighted by molar-refractivity contribution is 1.23. The van der Waals surface area contributed by atoms with Gasteiger partial charge in [0, 0.05) is 17.8 Å². The van der Waals surface area contributed by atoms with E-state index in [2.05, 4.69) is 15.4 Å². The van der Waals surface area contributed by atoms with Gasteiger partial charge in [0.15, 0.2) is 5.82 Å². The predicted molar refractivity (Wildman–Crippen MR) is 52.4 cm³/mol. The summed E-state index contributed by atoms with van der Waals surface area (Å²) in [6.07, 6.45) is 3.21. The van der Waals surface area contributed by atoms with Gasteiger partial charge in [-0.05, 0) is 12.1 Å². The van der Waals surface area contributed by atoms with Gasteiger partial charge in [0.25, 0.3) is 0 Å². The normalized spacial score (nSPS) is 10.3. The molecule has 13 heavy (non-hydrogen) atoms. The fourth-order valence-corrected chi connectivity index (χ4v) is 1.35. The van der Waals surface area contributed by atoms with Crippen molar-refractivity contribution in [2.45, 2.75) is 0 Å². The van der Waals surface area contributed by atoms with E-state index in [1.54, 1.807) is 12.4 Å². The average Bonchev–Trinajstić information content (AvgIpc) is 2.19. The molecule has 0 saturated heterocycles. The monoisotopic (exact) mass is 194 g/mol. The van der Waals surface area contributed by atoms with Crippen LogP contribution in [0.25, 0.3) is 10.9 Å². The zero-order valence-electron chi connectivity index (χ0n) is 6.66. The molecule has 0 amide bonds. The van der Waals surface area contributed by atoms with Crippen LogP contribution in [0, 0.1) is 0 Å². The molecule has 0 fully saturated rings. The first kappa shape index (κ1) is 8.22. The van der Waals surface area contributed by atoms with E-state index in [0.717, 1.165) is 5.39 Å². The van der Waals surface area contributed by atoms with E-state index in [0.29, 0.717) is 16.4 Å². The van der Waals surface area contributed by atoms with Gasteiger partial charge in [0.1, 0.15) is 5.52 Å². The second kappa shape index (κ2) is 3.16. The van der Waals surface area contributed by atoms with E-state index in [4.69, 9.17) is 17.4 Å². The van der Waals surface area contributed by atoms with Gasteiger partial charge >= 0.3 is 0 Å². The Morgan fingerprint density at radius 2 is 2.23 bits per heavy atom. The molecule has 5 heteroatoms. The first-order valence-electron chi connectivity index (χ1n) is 3.69. The summed E-state index contributed by atoms with van der Waals surface area (Å²) in [7, 11) is 0. The van der Waals surface area contributed by atoms with E-state index in [9.17, 15) is 0 Å². The highest BCUT2D eigenvalue weighted by molar-refractivity contribution is 6.35. The van der Waals surface area contributed by atoms with Crippen molar-refractivity contribution in [3.63, 3.8) is 0 Å². The molecule has 0 radical (unpaired) electrons. The average molecular weight is 195 g/mol. The van der Waals surface area contributed by atoms with Crippen molar-refractivity contribution >= 4 is 28.3 Å². The van der Waals surface area contributed by atoms with Gasteiger partial charge in [-0.2, -0.15) is 0 Å². The predicted octanol–water partition coefficient (Wildman–Crippen LogP) is 1.57. The smallest absolute Gasteiger partial charge is 0.166 e. The Morgan fingerprint density at radius 1 is 1.38 bits per heavy atom. The molecule has 4 nitrogen and oxygen atoms in total. The van der Waals surface area contributed by atoms with E-state index in [-0.39, 0.29) is 0 Å². The molecule has 0 aliphatic heterocycles. The molecular weight excluding hydrogens is 188 g/mol. The number of halogens is 1. The van der Waals surface area contributed by atoms with Crippen molar-refractivity contribution in [2.75, 3.05) is 5.43 Å². The van der Waals surface area contributed by atoms with Gasteiger partial charge in [-0.15, -0.1) is 0 Å². The molecule has 0 aliphatic carbocycles. The number of nitrogen functional groups attached to an aromatic ring is 1. The first-order chi connectivity index (χ1) is 6.33. The molecule has 0 bridgehead atoms. The molecule has 0 unspecified atom stereocenters. The third-order valence-electron chi connectivity index (χ3n) is 1.73. The minimum Gasteiger partial charge on any atom is -0.307 e. The maximum Gasteiger partial charge on any atom is 0.166 e. The van der Waals surface area contributed by atoms with Crippen LogP contribution in [-0.2, 0) is 0 Å². The number of hydrogen-bond donors (Lipinski definition) is 2. The lowest BCUT2D eigenvalue weighted by Crippen LogP contribution is -2.09. The van der Waals surface area contributed by atoms with Crippen LogP contribution in [0.1, 0.15) is 0 Å². The largest absolute Gasteiger partial charge is 0.307 e. The van der Waals surface area contributed by atoms with Crippen molar-refractivity contribution < 1.29 is 0 Å². The fraction of sp³-hybridized carbons (Fsp3) is 0. The Labute approximate surface area is 79.7 Å². The summed E-state index contributed by atoms with van der Waals surface area (Å²) >= 11 is 5.91. The lowest BCUT2D eigenvalue weighted by atomic mass is 10.2. The zero-order chi connectivity index (χ0) is 9.26. The van der Waals surface area contributed by atoms with Crippen LogP contribution in [0.3, 0.4) is 0 Å². The number of hydrogen-bond acceptors (Lipinski definition) is 4. The van der Waals surface area contributed by atoms with E-state index in [1.165, 1.54) is 0 Å². The molecule has 0 atom stereocenters. The first-order valence-corrected chi connectivity index (χ1v) is 4.06. The van der Waals surface area contributed by atoms with Crippen LogP contribution >= 0.6 is 11.6 Å². The van der Waals surface area contributed by atoms with Crippen molar-refractivity contribution in [2.24, 2.45) is 5.84 Å². The number of hydrazine groups is 1. The van der Waals surface area contributed by atoms with Crippen LogP contribution in [0.15, 0.2) is 24.5 Å². The molecule has 2 heterocycles. The number of nitrogens with one attached hydrogen (secondary N) is 1. The van der Waals surface area contributed by atoms with Gasteiger partial charge in [-0.25, -0.2) is 10.8 Å². The summed E-state index contributed by atoms with van der Waals surface area (Å²) in [6.45, 7) is 0. The Kier molecular flexibility index (Phi) is 2.00. The molecule has 66 valence electrons. The number of nitrogens with two attached hydrogens (primary N) is 1. The number of fused-ring (bicyclic) bond motifs is 1. The maximum absolute atomic E-state index is 5.91. The SMILES string of the molecule is NNc1ncc(Cl)c2cccnc12. The number of anilines is 1. The maximum atomic E-state index is 5.91. The Hall–Kier alpha value is -1.39. The number of pyridine rings is 2. The lowest BCUT2D eigenvalue weighted by Gasteiger charge is -2.03. The van der Waals surface area contributed by atoms with Gasteiger partial charge in [-0.1, -0.05) is 11.6 Å². The summed E-state index contributed by atoms with van der Waals surface area (Å²) in [5.41, 5.74) is 3.14. The van der Waals surface area contributed by atoms with E-state index >= 15 is 0 Å². The fourth-order valence-electron chi connectivity index (χ4n) is 1.14. The molecule has 0 spiro atoms. The minimum atomic E-state index is 0.528. The van der Waals surface area contributed by atoms with Gasteiger partial charge < -0.3 is 5.43 Å². The zero-order valence-corrected chi connectivity index (χ0v) is 7.42. The molecule has 2 aromatic rings. The summed E-state index contributed by atoms with van der Waals surface area (Å²) in [6, 6.07) is 3.68. The second-order valence-corrected chi connectivity index (χ2v) is 2.91. The summed E-state index contributed by atoms with van der Waals surface area (Å²) in [5, 5.41) is 1.41.